The van der Waals surface area contributed by atoms with Crippen LogP contribution >= 0.6 is 11.6 Å². The van der Waals surface area contributed by atoms with Gasteiger partial charge in [-0.2, -0.15) is 0 Å². The van der Waals surface area contributed by atoms with E-state index in [2.05, 4.69) is 15.6 Å². The molecule has 1 aromatic carbocycles. The topological polar surface area (TPSA) is 38.1 Å². The number of halogens is 1. The molecule has 4 nitrogen and oxygen atoms in total. The largest absolute Gasteiger partial charge is 0.344 e. The molecule has 0 aliphatic carbocycles. The Morgan fingerprint density at radius 2 is 2.21 bits per heavy atom. The van der Waals surface area contributed by atoms with Gasteiger partial charge >= 0.3 is 0 Å². The second-order valence-corrected chi connectivity index (χ2v) is 5.25. The number of benzene rings is 1. The van der Waals surface area contributed by atoms with E-state index in [1.54, 1.807) is 4.90 Å². The van der Waals surface area contributed by atoms with Crippen LogP contribution in [0.4, 0.5) is 0 Å². The van der Waals surface area contributed by atoms with Crippen LogP contribution in [0.2, 0.25) is 0 Å². The zero-order chi connectivity index (χ0) is 13.4. The molecule has 100 valence electrons. The van der Waals surface area contributed by atoms with E-state index < -0.39 is 0 Å². The van der Waals surface area contributed by atoms with Gasteiger partial charge in [0.15, 0.2) is 0 Å². The quantitative estimate of drug-likeness (QED) is 0.792. The molecule has 1 aliphatic heterocycles. The van der Waals surface area contributed by atoms with Crippen molar-refractivity contribution in [3.8, 4) is 0 Å². The van der Waals surface area contributed by atoms with Gasteiger partial charge in [0.1, 0.15) is 5.82 Å². The normalized spacial score (nSPS) is 20.2. The van der Waals surface area contributed by atoms with Crippen LogP contribution < -0.4 is 0 Å². The number of para-hydroxylation sites is 2. The number of nitrogens with zero attached hydrogens (tertiary/aromatic N) is 3. The maximum atomic E-state index is 11.6. The molecule has 0 saturated carbocycles. The number of amides is 1. The predicted octanol–water partition coefficient (Wildman–Crippen LogP) is 2.57. The zero-order valence-electron chi connectivity index (χ0n) is 10.8. The number of imidazole rings is 1. The zero-order valence-corrected chi connectivity index (χ0v) is 11.6. The van der Waals surface area contributed by atoms with Crippen LogP contribution in [-0.2, 0) is 10.7 Å². The third-order valence-electron chi connectivity index (χ3n) is 3.76. The van der Waals surface area contributed by atoms with Crippen molar-refractivity contribution in [1.82, 2.24) is 14.5 Å². The summed E-state index contributed by atoms with van der Waals surface area (Å²) in [5, 5.41) is 0. The molecule has 0 radical (unpaired) electrons. The average Bonchev–Trinajstić information content (AvgIpc) is 2.80. The fourth-order valence-electron chi connectivity index (χ4n) is 2.80. The summed E-state index contributed by atoms with van der Waals surface area (Å²) in [6.07, 6.45) is 1.45. The minimum absolute atomic E-state index is 0.216. The van der Waals surface area contributed by atoms with Gasteiger partial charge in [0.2, 0.25) is 5.91 Å². The SMILES string of the molecule is CN1CC(n2c(CCl)nc3ccccc32)CCC1=O. The number of carbonyl (C=O) groups excluding carboxylic acids is 1. The minimum atomic E-state index is 0.216. The molecule has 1 saturated heterocycles. The van der Waals surface area contributed by atoms with Crippen molar-refractivity contribution in [1.29, 1.82) is 0 Å². The Labute approximate surface area is 117 Å². The summed E-state index contributed by atoms with van der Waals surface area (Å²) in [6.45, 7) is 0.725. The monoisotopic (exact) mass is 277 g/mol. The third-order valence-corrected chi connectivity index (χ3v) is 3.99. The molecule has 5 heteroatoms. The van der Waals surface area contributed by atoms with Gasteiger partial charge in [0.05, 0.1) is 23.0 Å². The summed E-state index contributed by atoms with van der Waals surface area (Å²) in [7, 11) is 1.86. The number of aromatic nitrogens is 2. The van der Waals surface area contributed by atoms with Crippen LogP contribution in [0.3, 0.4) is 0 Å². The van der Waals surface area contributed by atoms with Crippen LogP contribution in [0, 0.1) is 0 Å². The molecular weight excluding hydrogens is 262 g/mol. The first-order valence-electron chi connectivity index (χ1n) is 6.46. The predicted molar refractivity (Wildman–Crippen MR) is 75.2 cm³/mol. The number of carbonyl (C=O) groups is 1. The van der Waals surface area contributed by atoms with Crippen LogP contribution in [0.15, 0.2) is 24.3 Å². The van der Waals surface area contributed by atoms with Crippen LogP contribution in [0.25, 0.3) is 11.0 Å². The van der Waals surface area contributed by atoms with Gasteiger partial charge in [0.25, 0.3) is 0 Å². The number of fused-ring (bicyclic) bond motifs is 1. The molecule has 1 aliphatic rings. The molecule has 0 bridgehead atoms. The van der Waals surface area contributed by atoms with Crippen LogP contribution in [0.5, 0.6) is 0 Å². The Morgan fingerprint density at radius 3 is 2.95 bits per heavy atom. The Morgan fingerprint density at radius 1 is 1.42 bits per heavy atom. The summed E-state index contributed by atoms with van der Waals surface area (Å²) in [4.78, 5) is 18.0. The van der Waals surface area contributed by atoms with E-state index in [0.29, 0.717) is 12.3 Å². The lowest BCUT2D eigenvalue weighted by Gasteiger charge is -2.31. The lowest BCUT2D eigenvalue weighted by Crippen LogP contribution is -2.38. The molecule has 3 rings (SSSR count). The molecular formula is C14H16ClN3O. The summed E-state index contributed by atoms with van der Waals surface area (Å²) in [5.74, 6) is 1.49. The molecule has 0 N–H and O–H groups in total. The number of alkyl halides is 1. The smallest absolute Gasteiger partial charge is 0.222 e. The summed E-state index contributed by atoms with van der Waals surface area (Å²) < 4.78 is 2.20. The fourth-order valence-corrected chi connectivity index (χ4v) is 2.99. The van der Waals surface area contributed by atoms with Crippen molar-refractivity contribution in [3.05, 3.63) is 30.1 Å². The van der Waals surface area contributed by atoms with Crippen LogP contribution in [-0.4, -0.2) is 34.0 Å². The molecule has 19 heavy (non-hydrogen) atoms. The van der Waals surface area contributed by atoms with Gasteiger partial charge in [-0.15, -0.1) is 11.6 Å². The first-order chi connectivity index (χ1) is 9.20. The summed E-state index contributed by atoms with van der Waals surface area (Å²) in [5.41, 5.74) is 2.07. The summed E-state index contributed by atoms with van der Waals surface area (Å²) in [6, 6.07) is 8.32. The maximum absolute atomic E-state index is 11.6. The van der Waals surface area contributed by atoms with Gasteiger partial charge in [-0.3, -0.25) is 4.79 Å². The van der Waals surface area contributed by atoms with Gasteiger partial charge in [-0.1, -0.05) is 12.1 Å². The Bertz CT molecular complexity index is 622. The molecule has 2 heterocycles. The number of rotatable bonds is 2. The molecule has 1 unspecified atom stereocenters. The van der Waals surface area contributed by atoms with Crippen molar-refractivity contribution < 1.29 is 4.79 Å². The highest BCUT2D eigenvalue weighted by Crippen LogP contribution is 2.28. The molecule has 1 atom stereocenters. The van der Waals surface area contributed by atoms with Crippen molar-refractivity contribution in [2.45, 2.75) is 24.8 Å². The second kappa shape index (κ2) is 4.85. The number of likely N-dealkylation sites (N-methyl/N-ethyl adjacent to an activating group) is 1. The lowest BCUT2D eigenvalue weighted by molar-refractivity contribution is -0.132. The molecule has 1 aromatic heterocycles. The first-order valence-corrected chi connectivity index (χ1v) is 7.00. The van der Waals surface area contributed by atoms with Gasteiger partial charge in [-0.25, -0.2) is 4.98 Å². The molecule has 2 aromatic rings. The number of likely N-dealkylation sites (tertiary alicyclic amines) is 1. The standard InChI is InChI=1S/C14H16ClN3O/c1-17-9-10(6-7-14(17)19)18-12-5-3-2-4-11(12)16-13(18)8-15/h2-5,10H,6-9H2,1H3. The van der Waals surface area contributed by atoms with E-state index >= 15 is 0 Å². The second-order valence-electron chi connectivity index (χ2n) is 4.99. The first kappa shape index (κ1) is 12.5. The Hall–Kier alpha value is -1.55. The van der Waals surface area contributed by atoms with Crippen molar-refractivity contribution in [2.24, 2.45) is 0 Å². The number of hydrogen-bond acceptors (Lipinski definition) is 2. The molecule has 1 amide bonds. The van der Waals surface area contributed by atoms with E-state index in [4.69, 9.17) is 11.6 Å². The van der Waals surface area contributed by atoms with Crippen LogP contribution in [0.1, 0.15) is 24.7 Å². The highest BCUT2D eigenvalue weighted by atomic mass is 35.5. The molecule has 0 spiro atoms. The highest BCUT2D eigenvalue weighted by molar-refractivity contribution is 6.16. The van der Waals surface area contributed by atoms with E-state index in [1.807, 2.05) is 25.2 Å². The van der Waals surface area contributed by atoms with E-state index in [0.717, 1.165) is 29.8 Å². The Kier molecular flexibility index (Phi) is 3.19. The highest BCUT2D eigenvalue weighted by Gasteiger charge is 2.26. The lowest BCUT2D eigenvalue weighted by atomic mass is 10.1. The van der Waals surface area contributed by atoms with Crippen molar-refractivity contribution in [3.63, 3.8) is 0 Å². The van der Waals surface area contributed by atoms with E-state index in [1.165, 1.54) is 0 Å². The van der Waals surface area contributed by atoms with Gasteiger partial charge < -0.3 is 9.47 Å². The van der Waals surface area contributed by atoms with E-state index in [9.17, 15) is 4.79 Å². The number of piperidine rings is 1. The Balaban J connectivity index is 2.06. The average molecular weight is 278 g/mol. The minimum Gasteiger partial charge on any atom is -0.344 e. The summed E-state index contributed by atoms with van der Waals surface area (Å²) >= 11 is 6.02. The third kappa shape index (κ3) is 2.10. The molecule has 1 fully saturated rings. The maximum Gasteiger partial charge on any atom is 0.222 e. The number of hydrogen-bond donors (Lipinski definition) is 0. The van der Waals surface area contributed by atoms with E-state index in [-0.39, 0.29) is 11.9 Å². The fraction of sp³-hybridized carbons (Fsp3) is 0.429. The van der Waals surface area contributed by atoms with Crippen molar-refractivity contribution >= 4 is 28.5 Å². The van der Waals surface area contributed by atoms with Gasteiger partial charge in [-0.05, 0) is 18.6 Å². The van der Waals surface area contributed by atoms with Crippen molar-refractivity contribution in [2.75, 3.05) is 13.6 Å². The van der Waals surface area contributed by atoms with Gasteiger partial charge in [0, 0.05) is 20.0 Å².